The van der Waals surface area contributed by atoms with Crippen molar-refractivity contribution in [1.82, 2.24) is 10.2 Å². The van der Waals surface area contributed by atoms with Gasteiger partial charge >= 0.3 is 0 Å². The highest BCUT2D eigenvalue weighted by atomic mass is 16.3. The van der Waals surface area contributed by atoms with Crippen LogP contribution in [0.4, 0.5) is 5.69 Å². The van der Waals surface area contributed by atoms with E-state index in [1.54, 1.807) is 24.3 Å². The number of phenols is 1. The molecule has 1 aromatic rings. The molecule has 1 aliphatic carbocycles. The van der Waals surface area contributed by atoms with Crippen molar-refractivity contribution in [3.63, 3.8) is 0 Å². The van der Waals surface area contributed by atoms with E-state index in [1.165, 1.54) is 25.7 Å². The van der Waals surface area contributed by atoms with Crippen molar-refractivity contribution in [3.8, 4) is 5.75 Å². The number of rotatable bonds is 4. The number of aromatic hydroxyl groups is 1. The van der Waals surface area contributed by atoms with E-state index in [-0.39, 0.29) is 18.2 Å². The van der Waals surface area contributed by atoms with Gasteiger partial charge in [-0.05, 0) is 55.9 Å². The molecule has 2 atom stereocenters. The zero-order valence-corrected chi connectivity index (χ0v) is 14.9. The van der Waals surface area contributed by atoms with Crippen LogP contribution in [-0.4, -0.2) is 48.1 Å². The summed E-state index contributed by atoms with van der Waals surface area (Å²) in [5.41, 5.74) is 0.662. The number of likely N-dealkylation sites (tertiary alicyclic amines) is 1. The van der Waals surface area contributed by atoms with Gasteiger partial charge in [0, 0.05) is 25.3 Å². The minimum atomic E-state index is -0.155. The van der Waals surface area contributed by atoms with Crippen LogP contribution in [0.15, 0.2) is 29.3 Å². The first-order valence-corrected chi connectivity index (χ1v) is 9.28. The van der Waals surface area contributed by atoms with Crippen LogP contribution in [0.5, 0.6) is 5.75 Å². The lowest BCUT2D eigenvalue weighted by Crippen LogP contribution is -2.40. The van der Waals surface area contributed by atoms with E-state index in [1.807, 2.05) is 0 Å². The van der Waals surface area contributed by atoms with E-state index in [9.17, 15) is 9.90 Å². The number of fused-ring (bicyclic) bond motifs is 1. The average molecular weight is 344 g/mol. The second kappa shape index (κ2) is 8.23. The first kappa shape index (κ1) is 17.6. The van der Waals surface area contributed by atoms with Gasteiger partial charge in [0.25, 0.3) is 0 Å². The number of phenolic OH excluding ortho intramolecular Hbond substituents is 1. The smallest absolute Gasteiger partial charge is 0.246 e. The zero-order chi connectivity index (χ0) is 17.6. The van der Waals surface area contributed by atoms with Crippen molar-refractivity contribution in [3.05, 3.63) is 24.3 Å². The molecule has 0 spiro atoms. The van der Waals surface area contributed by atoms with Crippen LogP contribution in [0.1, 0.15) is 32.6 Å². The summed E-state index contributed by atoms with van der Waals surface area (Å²) in [4.78, 5) is 19.0. The number of benzene rings is 1. The van der Waals surface area contributed by atoms with Crippen molar-refractivity contribution in [2.24, 2.45) is 16.8 Å². The van der Waals surface area contributed by atoms with Crippen molar-refractivity contribution < 1.29 is 9.90 Å². The number of hydrogen-bond acceptors (Lipinski definition) is 3. The van der Waals surface area contributed by atoms with E-state index in [0.29, 0.717) is 5.69 Å². The fourth-order valence-electron chi connectivity index (χ4n) is 3.90. The van der Waals surface area contributed by atoms with Crippen LogP contribution < -0.4 is 10.6 Å². The summed E-state index contributed by atoms with van der Waals surface area (Å²) >= 11 is 0. The number of aliphatic imine (C=N–C) groups is 1. The fourth-order valence-corrected chi connectivity index (χ4v) is 3.90. The minimum absolute atomic E-state index is 0.0923. The van der Waals surface area contributed by atoms with Crippen LogP contribution >= 0.6 is 0 Å². The Balaban J connectivity index is 1.58. The zero-order valence-electron chi connectivity index (χ0n) is 14.9. The van der Waals surface area contributed by atoms with Gasteiger partial charge < -0.3 is 20.6 Å². The van der Waals surface area contributed by atoms with Crippen molar-refractivity contribution >= 4 is 17.6 Å². The summed E-state index contributed by atoms with van der Waals surface area (Å²) in [6.07, 6.45) is 5.33. The lowest BCUT2D eigenvalue weighted by Gasteiger charge is -2.22. The largest absolute Gasteiger partial charge is 0.508 e. The van der Waals surface area contributed by atoms with Crippen molar-refractivity contribution in [1.29, 1.82) is 0 Å². The Morgan fingerprint density at radius 2 is 1.84 bits per heavy atom. The molecule has 6 nitrogen and oxygen atoms in total. The van der Waals surface area contributed by atoms with Gasteiger partial charge in [0.1, 0.15) is 12.3 Å². The second-order valence-electron chi connectivity index (χ2n) is 6.97. The van der Waals surface area contributed by atoms with Gasteiger partial charge in [0.15, 0.2) is 5.96 Å². The molecule has 1 saturated heterocycles. The van der Waals surface area contributed by atoms with Gasteiger partial charge in [0.05, 0.1) is 0 Å². The predicted octanol–water partition coefficient (Wildman–Crippen LogP) is 2.42. The minimum Gasteiger partial charge on any atom is -0.508 e. The topological polar surface area (TPSA) is 77.0 Å². The maximum Gasteiger partial charge on any atom is 0.246 e. The number of hydrogen-bond donors (Lipinski definition) is 3. The standard InChI is InChI=1S/C19H28N4O2/c1-2-20-19(23-12-14-5-3-4-6-15(14)13-23)21-11-18(25)22-16-7-9-17(24)10-8-16/h7-10,14-15,24H,2-6,11-13H2,1H3,(H,20,21)(H,22,25). The number of amides is 1. The van der Waals surface area contributed by atoms with Crippen LogP contribution in [0, 0.1) is 11.8 Å². The molecule has 25 heavy (non-hydrogen) atoms. The molecule has 0 radical (unpaired) electrons. The average Bonchev–Trinajstić information content (AvgIpc) is 3.04. The number of carbonyl (C=O) groups is 1. The number of anilines is 1. The van der Waals surface area contributed by atoms with Crippen LogP contribution in [0.25, 0.3) is 0 Å². The summed E-state index contributed by atoms with van der Waals surface area (Å²) in [5, 5.41) is 15.4. The number of nitrogens with one attached hydrogen (secondary N) is 2. The molecule has 0 aromatic heterocycles. The molecule has 136 valence electrons. The molecule has 1 heterocycles. The highest BCUT2D eigenvalue weighted by molar-refractivity contribution is 5.94. The molecule has 2 fully saturated rings. The Morgan fingerprint density at radius 3 is 2.44 bits per heavy atom. The highest BCUT2D eigenvalue weighted by Crippen LogP contribution is 2.35. The third kappa shape index (κ3) is 4.65. The third-order valence-electron chi connectivity index (χ3n) is 5.13. The van der Waals surface area contributed by atoms with Gasteiger partial charge in [-0.1, -0.05) is 12.8 Å². The highest BCUT2D eigenvalue weighted by Gasteiger charge is 2.35. The van der Waals surface area contributed by atoms with Crippen molar-refractivity contribution in [2.45, 2.75) is 32.6 Å². The van der Waals surface area contributed by atoms with E-state index in [4.69, 9.17) is 0 Å². The molecule has 1 amide bonds. The predicted molar refractivity (Wildman–Crippen MR) is 99.7 cm³/mol. The van der Waals surface area contributed by atoms with E-state index >= 15 is 0 Å². The SMILES string of the molecule is CCNC(=NCC(=O)Nc1ccc(O)cc1)N1CC2CCCCC2C1. The quantitative estimate of drug-likeness (QED) is 0.445. The molecule has 2 unspecified atom stereocenters. The van der Waals surface area contributed by atoms with Gasteiger partial charge in [0.2, 0.25) is 5.91 Å². The molecule has 1 aromatic carbocycles. The lowest BCUT2D eigenvalue weighted by molar-refractivity contribution is -0.114. The van der Waals surface area contributed by atoms with Crippen LogP contribution in [-0.2, 0) is 4.79 Å². The van der Waals surface area contributed by atoms with Gasteiger partial charge in [-0.2, -0.15) is 0 Å². The van der Waals surface area contributed by atoms with Gasteiger partial charge in [-0.15, -0.1) is 0 Å². The van der Waals surface area contributed by atoms with E-state index in [2.05, 4.69) is 27.4 Å². The maximum absolute atomic E-state index is 12.1. The molecular weight excluding hydrogens is 316 g/mol. The first-order chi connectivity index (χ1) is 12.2. The second-order valence-corrected chi connectivity index (χ2v) is 6.97. The molecular formula is C19H28N4O2. The molecule has 3 N–H and O–H groups in total. The summed E-state index contributed by atoms with van der Waals surface area (Å²) < 4.78 is 0. The van der Waals surface area contributed by atoms with Crippen molar-refractivity contribution in [2.75, 3.05) is 31.5 Å². The molecule has 6 heteroatoms. The number of carbonyl (C=O) groups excluding carboxylic acids is 1. The molecule has 3 rings (SSSR count). The summed E-state index contributed by atoms with van der Waals surface area (Å²) in [7, 11) is 0. The first-order valence-electron chi connectivity index (χ1n) is 9.28. The summed E-state index contributed by atoms with van der Waals surface area (Å²) in [6, 6.07) is 6.45. The fraction of sp³-hybridized carbons (Fsp3) is 0.579. The number of guanidine groups is 1. The van der Waals surface area contributed by atoms with Gasteiger partial charge in [-0.25, -0.2) is 4.99 Å². The van der Waals surface area contributed by atoms with Crippen LogP contribution in [0.2, 0.25) is 0 Å². The van der Waals surface area contributed by atoms with Gasteiger partial charge in [-0.3, -0.25) is 4.79 Å². The molecule has 2 aliphatic rings. The van der Waals surface area contributed by atoms with E-state index < -0.39 is 0 Å². The third-order valence-corrected chi connectivity index (χ3v) is 5.13. The summed E-state index contributed by atoms with van der Waals surface area (Å²) in [5.74, 6) is 2.43. The Kier molecular flexibility index (Phi) is 5.79. The molecule has 0 bridgehead atoms. The Morgan fingerprint density at radius 1 is 1.20 bits per heavy atom. The Bertz CT molecular complexity index is 600. The number of nitrogens with zero attached hydrogens (tertiary/aromatic N) is 2. The monoisotopic (exact) mass is 344 g/mol. The van der Waals surface area contributed by atoms with E-state index in [0.717, 1.165) is 37.4 Å². The lowest BCUT2D eigenvalue weighted by atomic mass is 9.82. The maximum atomic E-state index is 12.1. The summed E-state index contributed by atoms with van der Waals surface area (Å²) in [6.45, 7) is 5.04. The molecule has 1 aliphatic heterocycles. The Labute approximate surface area is 149 Å². The normalized spacial score (nSPS) is 23.2. The van der Waals surface area contributed by atoms with Crippen LogP contribution in [0.3, 0.4) is 0 Å². The molecule has 1 saturated carbocycles. The Hall–Kier alpha value is -2.24.